The third kappa shape index (κ3) is 13.6. The number of rotatable bonds is 14. The van der Waals surface area contributed by atoms with E-state index in [9.17, 15) is 35.9 Å². The molecule has 2 atom stereocenters. The molecule has 0 heterocycles. The van der Waals surface area contributed by atoms with E-state index in [2.05, 4.69) is 13.8 Å². The Bertz CT molecular complexity index is 2450. The van der Waals surface area contributed by atoms with Crippen molar-refractivity contribution in [1.82, 2.24) is 0 Å². The molecule has 0 bridgehead atoms. The fourth-order valence-corrected chi connectivity index (χ4v) is 8.33. The molecule has 6 nitrogen and oxygen atoms in total. The second-order valence-electron chi connectivity index (χ2n) is 14.1. The zero-order chi connectivity index (χ0) is 45.2. The average Bonchev–Trinajstić information content (AvgIpc) is 3.23. The summed E-state index contributed by atoms with van der Waals surface area (Å²) < 4.78 is 87.1. The van der Waals surface area contributed by atoms with Crippen LogP contribution in [0.5, 0.6) is 11.5 Å². The molecule has 0 spiro atoms. The van der Waals surface area contributed by atoms with Gasteiger partial charge in [0.15, 0.2) is 13.2 Å². The van der Waals surface area contributed by atoms with Gasteiger partial charge in [-0.2, -0.15) is 26.3 Å². The molecule has 62 heavy (non-hydrogen) atoms. The number of hydrogen-bond acceptors (Lipinski definition) is 6. The number of benzene rings is 6. The molecular weight excluding hydrogens is 851 g/mol. The van der Waals surface area contributed by atoms with Crippen LogP contribution in [0.1, 0.15) is 57.7 Å². The summed E-state index contributed by atoms with van der Waals surface area (Å²) in [6.07, 6.45) is -8.69. The Kier molecular flexibility index (Phi) is 15.8. The standard InChI is InChI=1S/2C24H21F3O3S/c1-15-13-21(11-12-22(15)30-14-23(28)29)31-16(2)17-3-5-18(6-4-17)19-7-9-20(10-8-19)24(25,26)27;1-15-12-21(10-11-22(15)30-14-23(28)29)31-16(2)18-4-3-5-19(13-18)17-6-8-20(9-7-17)24(25,26)27/h2*3-13,16H,14H2,1-2H3,(H,28,29). The number of carboxylic acid groups (broad SMARTS) is 2. The van der Waals surface area contributed by atoms with Gasteiger partial charge in [-0.15, -0.1) is 23.5 Å². The van der Waals surface area contributed by atoms with Crippen molar-refractivity contribution in [3.8, 4) is 33.8 Å². The zero-order valence-electron chi connectivity index (χ0n) is 33.9. The summed E-state index contributed by atoms with van der Waals surface area (Å²) in [6, 6.07) is 37.0. The molecule has 0 fully saturated rings. The predicted molar refractivity (Wildman–Crippen MR) is 231 cm³/mol. The Balaban J connectivity index is 0.000000234. The number of hydrogen-bond donors (Lipinski definition) is 2. The molecular formula is C48H42F6O6S2. The Morgan fingerprint density at radius 2 is 0.903 bits per heavy atom. The van der Waals surface area contributed by atoms with Crippen LogP contribution in [0.2, 0.25) is 0 Å². The Morgan fingerprint density at radius 1 is 0.516 bits per heavy atom. The Labute approximate surface area is 363 Å². The molecule has 0 radical (unpaired) electrons. The molecule has 0 aromatic heterocycles. The molecule has 6 aromatic carbocycles. The van der Waals surface area contributed by atoms with Crippen molar-refractivity contribution in [2.24, 2.45) is 0 Å². The summed E-state index contributed by atoms with van der Waals surface area (Å²) in [5.41, 5.74) is 5.67. The van der Waals surface area contributed by atoms with Gasteiger partial charge in [-0.1, -0.05) is 72.8 Å². The molecule has 0 saturated carbocycles. The molecule has 0 amide bonds. The van der Waals surface area contributed by atoms with Crippen LogP contribution in [0, 0.1) is 13.8 Å². The first-order valence-corrected chi connectivity index (χ1v) is 20.8. The summed E-state index contributed by atoms with van der Waals surface area (Å²) in [4.78, 5) is 23.3. The SMILES string of the molecule is Cc1cc(SC(C)c2ccc(-c3ccc(C(F)(F)F)cc3)cc2)ccc1OCC(=O)O.Cc1cc(SC(C)c2cccc(-c3ccc(C(F)(F)F)cc3)c2)ccc1OCC(=O)O. The van der Waals surface area contributed by atoms with Crippen molar-refractivity contribution in [1.29, 1.82) is 0 Å². The molecule has 324 valence electrons. The first-order chi connectivity index (χ1) is 29.3. The van der Waals surface area contributed by atoms with Crippen molar-refractivity contribution in [2.45, 2.75) is 60.3 Å². The number of thioether (sulfide) groups is 2. The summed E-state index contributed by atoms with van der Waals surface area (Å²) in [5, 5.41) is 17.7. The second-order valence-corrected chi connectivity index (χ2v) is 17.0. The molecule has 0 saturated heterocycles. The highest BCUT2D eigenvalue weighted by Gasteiger charge is 2.31. The lowest BCUT2D eigenvalue weighted by Gasteiger charge is -2.15. The second kappa shape index (κ2) is 20.8. The molecule has 2 N–H and O–H groups in total. The summed E-state index contributed by atoms with van der Waals surface area (Å²) >= 11 is 3.29. The van der Waals surface area contributed by atoms with Crippen molar-refractivity contribution in [2.75, 3.05) is 13.2 Å². The molecule has 0 aliphatic carbocycles. The number of aryl methyl sites for hydroxylation is 2. The molecule has 14 heteroatoms. The van der Waals surface area contributed by atoms with Crippen LogP contribution in [0.4, 0.5) is 26.3 Å². The molecule has 0 aliphatic rings. The lowest BCUT2D eigenvalue weighted by molar-refractivity contribution is -0.140. The van der Waals surface area contributed by atoms with Crippen LogP contribution in [0.3, 0.4) is 0 Å². The van der Waals surface area contributed by atoms with Crippen LogP contribution < -0.4 is 9.47 Å². The van der Waals surface area contributed by atoms with Crippen LogP contribution in [0.25, 0.3) is 22.3 Å². The maximum atomic E-state index is 12.8. The molecule has 6 rings (SSSR count). The summed E-state index contributed by atoms with van der Waals surface area (Å²) in [6.45, 7) is 7.08. The number of aliphatic carboxylic acids is 2. The normalized spacial score (nSPS) is 12.4. The highest BCUT2D eigenvalue weighted by molar-refractivity contribution is 7.99. The summed E-state index contributed by atoms with van der Waals surface area (Å²) in [7, 11) is 0. The van der Waals surface area contributed by atoms with Crippen LogP contribution in [0.15, 0.2) is 143 Å². The highest BCUT2D eigenvalue weighted by Crippen LogP contribution is 2.40. The van der Waals surface area contributed by atoms with Gasteiger partial charge in [-0.25, -0.2) is 9.59 Å². The van der Waals surface area contributed by atoms with Gasteiger partial charge in [0.1, 0.15) is 11.5 Å². The molecule has 6 aromatic rings. The number of carbonyl (C=O) groups is 2. The maximum Gasteiger partial charge on any atom is 0.416 e. The molecule has 0 aliphatic heterocycles. The van der Waals surface area contributed by atoms with Crippen molar-refractivity contribution in [3.05, 3.63) is 167 Å². The van der Waals surface area contributed by atoms with Crippen molar-refractivity contribution >= 4 is 35.5 Å². The third-order valence-corrected chi connectivity index (χ3v) is 11.8. The predicted octanol–water partition coefficient (Wildman–Crippen LogP) is 14.0. The van der Waals surface area contributed by atoms with Gasteiger partial charge < -0.3 is 19.7 Å². The van der Waals surface area contributed by atoms with E-state index in [0.717, 1.165) is 78.6 Å². The van der Waals surface area contributed by atoms with Gasteiger partial charge in [-0.05, 0) is 133 Å². The fourth-order valence-electron chi connectivity index (χ4n) is 6.16. The monoisotopic (exact) mass is 892 g/mol. The highest BCUT2D eigenvalue weighted by atomic mass is 32.2. The van der Waals surface area contributed by atoms with Crippen molar-refractivity contribution < 1.29 is 55.6 Å². The lowest BCUT2D eigenvalue weighted by Crippen LogP contribution is -2.10. The Morgan fingerprint density at radius 3 is 1.29 bits per heavy atom. The lowest BCUT2D eigenvalue weighted by atomic mass is 10.0. The summed E-state index contributed by atoms with van der Waals surface area (Å²) in [5.74, 6) is -0.977. The quantitative estimate of drug-likeness (QED) is 0.0825. The van der Waals surface area contributed by atoms with Gasteiger partial charge in [0.2, 0.25) is 0 Å². The van der Waals surface area contributed by atoms with Gasteiger partial charge in [0, 0.05) is 20.3 Å². The topological polar surface area (TPSA) is 93.1 Å². The maximum absolute atomic E-state index is 12.8. The number of carboxylic acids is 2. The average molecular weight is 893 g/mol. The van der Waals surface area contributed by atoms with E-state index in [4.69, 9.17) is 19.7 Å². The largest absolute Gasteiger partial charge is 0.482 e. The third-order valence-electron chi connectivity index (χ3n) is 9.45. The smallest absolute Gasteiger partial charge is 0.416 e. The van der Waals surface area contributed by atoms with Crippen LogP contribution >= 0.6 is 23.5 Å². The van der Waals surface area contributed by atoms with Gasteiger partial charge in [0.05, 0.1) is 11.1 Å². The number of ether oxygens (including phenoxy) is 2. The van der Waals surface area contributed by atoms with E-state index in [1.54, 1.807) is 35.7 Å². The first kappa shape index (κ1) is 47.2. The van der Waals surface area contributed by atoms with E-state index in [1.807, 2.05) is 86.6 Å². The fraction of sp³-hybridized carbons (Fsp3) is 0.208. The van der Waals surface area contributed by atoms with E-state index in [1.165, 1.54) is 24.3 Å². The number of halogens is 6. The van der Waals surface area contributed by atoms with E-state index < -0.39 is 35.4 Å². The van der Waals surface area contributed by atoms with Crippen LogP contribution in [-0.2, 0) is 21.9 Å². The zero-order valence-corrected chi connectivity index (χ0v) is 35.5. The molecule has 2 unspecified atom stereocenters. The van der Waals surface area contributed by atoms with Gasteiger partial charge in [-0.3, -0.25) is 0 Å². The van der Waals surface area contributed by atoms with Gasteiger partial charge >= 0.3 is 24.3 Å². The van der Waals surface area contributed by atoms with E-state index >= 15 is 0 Å². The minimum absolute atomic E-state index is 0.0968. The van der Waals surface area contributed by atoms with Crippen LogP contribution in [-0.4, -0.2) is 35.4 Å². The number of alkyl halides is 6. The van der Waals surface area contributed by atoms with E-state index in [-0.39, 0.29) is 23.7 Å². The first-order valence-electron chi connectivity index (χ1n) is 19.1. The van der Waals surface area contributed by atoms with Crippen molar-refractivity contribution in [3.63, 3.8) is 0 Å². The van der Waals surface area contributed by atoms with E-state index in [0.29, 0.717) is 11.5 Å². The van der Waals surface area contributed by atoms with Gasteiger partial charge in [0.25, 0.3) is 0 Å². The minimum atomic E-state index is -4.35. The minimum Gasteiger partial charge on any atom is -0.482 e. The Hall–Kier alpha value is -5.86.